The van der Waals surface area contributed by atoms with Gasteiger partial charge in [0, 0.05) is 19.6 Å². The van der Waals surface area contributed by atoms with Crippen LogP contribution in [-0.2, 0) is 19.1 Å². The average molecular weight is 243 g/mol. The Labute approximate surface area is 102 Å². The van der Waals surface area contributed by atoms with Crippen LogP contribution in [0.25, 0.3) is 0 Å². The molecule has 0 aromatic heterocycles. The maximum atomic E-state index is 11.7. The van der Waals surface area contributed by atoms with Crippen molar-refractivity contribution in [2.75, 3.05) is 26.4 Å². The van der Waals surface area contributed by atoms with Crippen molar-refractivity contribution in [1.82, 2.24) is 5.32 Å². The van der Waals surface area contributed by atoms with E-state index in [4.69, 9.17) is 9.47 Å². The first-order valence-electron chi connectivity index (χ1n) is 6.25. The number of esters is 1. The normalized spacial score (nSPS) is 19.7. The minimum Gasteiger partial charge on any atom is -0.466 e. The number of hydrogen-bond acceptors (Lipinski definition) is 4. The van der Waals surface area contributed by atoms with Gasteiger partial charge in [-0.3, -0.25) is 9.59 Å². The molecule has 1 atom stereocenters. The number of nitrogens with one attached hydrogen (secondary N) is 1. The molecule has 1 aliphatic heterocycles. The molecule has 1 rings (SSSR count). The summed E-state index contributed by atoms with van der Waals surface area (Å²) in [6, 6.07) is 0. The number of carbonyl (C=O) groups excluding carboxylic acids is 2. The molecule has 0 aromatic carbocycles. The number of hydrogen-bond donors (Lipinski definition) is 1. The van der Waals surface area contributed by atoms with E-state index in [2.05, 4.69) is 5.32 Å². The van der Waals surface area contributed by atoms with Crippen LogP contribution in [0.3, 0.4) is 0 Å². The zero-order valence-electron chi connectivity index (χ0n) is 10.4. The van der Waals surface area contributed by atoms with Gasteiger partial charge in [-0.2, -0.15) is 0 Å². The molecule has 0 radical (unpaired) electrons. The van der Waals surface area contributed by atoms with Gasteiger partial charge >= 0.3 is 5.97 Å². The van der Waals surface area contributed by atoms with Crippen molar-refractivity contribution in [3.05, 3.63) is 0 Å². The molecule has 5 heteroatoms. The molecule has 0 aromatic rings. The van der Waals surface area contributed by atoms with E-state index in [0.717, 1.165) is 19.4 Å². The fourth-order valence-electron chi connectivity index (χ4n) is 1.77. The lowest BCUT2D eigenvalue weighted by Crippen LogP contribution is -2.36. The lowest BCUT2D eigenvalue weighted by atomic mass is 10.0. The summed E-state index contributed by atoms with van der Waals surface area (Å²) in [4.78, 5) is 22.7. The van der Waals surface area contributed by atoms with E-state index in [1.165, 1.54) is 0 Å². The number of carbonyl (C=O) groups is 2. The van der Waals surface area contributed by atoms with Crippen LogP contribution in [0.1, 0.15) is 32.6 Å². The van der Waals surface area contributed by atoms with Gasteiger partial charge in [0.2, 0.25) is 5.91 Å². The van der Waals surface area contributed by atoms with Gasteiger partial charge in [0.05, 0.1) is 19.1 Å². The minimum atomic E-state index is -0.206. The van der Waals surface area contributed by atoms with Crippen LogP contribution in [0.5, 0.6) is 0 Å². The third-order valence-electron chi connectivity index (χ3n) is 2.69. The van der Waals surface area contributed by atoms with Crippen LogP contribution in [0.15, 0.2) is 0 Å². The van der Waals surface area contributed by atoms with E-state index in [9.17, 15) is 9.59 Å². The van der Waals surface area contributed by atoms with Gasteiger partial charge in [0.15, 0.2) is 0 Å². The second-order valence-electron chi connectivity index (χ2n) is 4.11. The van der Waals surface area contributed by atoms with Gasteiger partial charge in [-0.05, 0) is 26.2 Å². The molecule has 1 aliphatic rings. The summed E-state index contributed by atoms with van der Waals surface area (Å²) in [6.45, 7) is 3.98. The summed E-state index contributed by atoms with van der Waals surface area (Å²) in [6.07, 6.45) is 2.82. The fourth-order valence-corrected chi connectivity index (χ4v) is 1.77. The smallest absolute Gasteiger partial charge is 0.305 e. The molecule has 1 unspecified atom stereocenters. The topological polar surface area (TPSA) is 64.6 Å². The molecule has 1 saturated heterocycles. The van der Waals surface area contributed by atoms with Crippen LogP contribution < -0.4 is 5.32 Å². The first kappa shape index (κ1) is 14.0. The fraction of sp³-hybridized carbons (Fsp3) is 0.833. The summed E-state index contributed by atoms with van der Waals surface area (Å²) in [5.41, 5.74) is 0. The van der Waals surface area contributed by atoms with Gasteiger partial charge in [-0.1, -0.05) is 0 Å². The van der Waals surface area contributed by atoms with E-state index in [1.54, 1.807) is 6.92 Å². The van der Waals surface area contributed by atoms with E-state index in [1.807, 2.05) is 0 Å². The zero-order chi connectivity index (χ0) is 12.5. The Morgan fingerprint density at radius 3 is 2.94 bits per heavy atom. The van der Waals surface area contributed by atoms with Gasteiger partial charge in [0.1, 0.15) is 0 Å². The second kappa shape index (κ2) is 8.06. The van der Waals surface area contributed by atoms with Gasteiger partial charge < -0.3 is 14.8 Å². The van der Waals surface area contributed by atoms with Crippen LogP contribution in [0.2, 0.25) is 0 Å². The van der Waals surface area contributed by atoms with Crippen molar-refractivity contribution >= 4 is 11.9 Å². The highest BCUT2D eigenvalue weighted by Gasteiger charge is 2.21. The zero-order valence-corrected chi connectivity index (χ0v) is 10.4. The Morgan fingerprint density at radius 1 is 1.47 bits per heavy atom. The molecule has 5 nitrogen and oxygen atoms in total. The molecule has 98 valence electrons. The van der Waals surface area contributed by atoms with E-state index >= 15 is 0 Å². The Hall–Kier alpha value is -1.10. The summed E-state index contributed by atoms with van der Waals surface area (Å²) < 4.78 is 10.0. The van der Waals surface area contributed by atoms with Gasteiger partial charge in [-0.15, -0.1) is 0 Å². The van der Waals surface area contributed by atoms with Crippen molar-refractivity contribution in [3.63, 3.8) is 0 Å². The maximum absolute atomic E-state index is 11.7. The highest BCUT2D eigenvalue weighted by Crippen LogP contribution is 2.13. The Balaban J connectivity index is 2.05. The molecule has 1 amide bonds. The van der Waals surface area contributed by atoms with E-state index < -0.39 is 0 Å². The Kier molecular flexibility index (Phi) is 6.62. The molecular formula is C12H21NO4. The molecule has 17 heavy (non-hydrogen) atoms. The highest BCUT2D eigenvalue weighted by molar-refractivity contribution is 5.78. The SMILES string of the molecule is CCOC(=O)CCCNC(=O)C1CCCOC1. The average Bonchev–Trinajstić information content (AvgIpc) is 2.36. The van der Waals surface area contributed by atoms with Gasteiger partial charge in [0.25, 0.3) is 0 Å². The lowest BCUT2D eigenvalue weighted by Gasteiger charge is -2.21. The van der Waals surface area contributed by atoms with Crippen LogP contribution in [0, 0.1) is 5.92 Å². The standard InChI is InChI=1S/C12H21NO4/c1-2-17-11(14)6-3-7-13-12(15)10-5-4-8-16-9-10/h10H,2-9H2,1H3,(H,13,15). The molecule has 0 saturated carbocycles. The molecule has 0 aliphatic carbocycles. The summed E-state index contributed by atoms with van der Waals surface area (Å²) >= 11 is 0. The number of amides is 1. The maximum Gasteiger partial charge on any atom is 0.305 e. The van der Waals surface area contributed by atoms with Crippen molar-refractivity contribution in [2.24, 2.45) is 5.92 Å². The quantitative estimate of drug-likeness (QED) is 0.555. The van der Waals surface area contributed by atoms with Crippen molar-refractivity contribution in [3.8, 4) is 0 Å². The predicted octanol–water partition coefficient (Wildman–Crippen LogP) is 0.872. The van der Waals surface area contributed by atoms with Crippen LogP contribution in [-0.4, -0.2) is 38.2 Å². The number of ether oxygens (including phenoxy) is 2. The predicted molar refractivity (Wildman–Crippen MR) is 62.4 cm³/mol. The summed E-state index contributed by atoms with van der Waals surface area (Å²) in [5, 5.41) is 2.82. The summed E-state index contributed by atoms with van der Waals surface area (Å²) in [5.74, 6) is -0.192. The van der Waals surface area contributed by atoms with Crippen molar-refractivity contribution in [1.29, 1.82) is 0 Å². The third-order valence-corrected chi connectivity index (χ3v) is 2.69. The molecular weight excluding hydrogens is 222 g/mol. The summed E-state index contributed by atoms with van der Waals surface area (Å²) in [7, 11) is 0. The van der Waals surface area contributed by atoms with E-state index in [-0.39, 0.29) is 17.8 Å². The molecule has 1 fully saturated rings. The first-order chi connectivity index (χ1) is 8.24. The molecule has 1 heterocycles. The largest absolute Gasteiger partial charge is 0.466 e. The number of rotatable bonds is 6. The first-order valence-corrected chi connectivity index (χ1v) is 6.25. The monoisotopic (exact) mass is 243 g/mol. The second-order valence-corrected chi connectivity index (χ2v) is 4.11. The van der Waals surface area contributed by atoms with Crippen molar-refractivity contribution < 1.29 is 19.1 Å². The molecule has 0 bridgehead atoms. The highest BCUT2D eigenvalue weighted by atomic mass is 16.5. The molecule has 1 N–H and O–H groups in total. The van der Waals surface area contributed by atoms with Gasteiger partial charge in [-0.25, -0.2) is 0 Å². The van der Waals surface area contributed by atoms with Crippen LogP contribution in [0.4, 0.5) is 0 Å². The van der Waals surface area contributed by atoms with Crippen LogP contribution >= 0.6 is 0 Å². The van der Waals surface area contributed by atoms with Crippen molar-refractivity contribution in [2.45, 2.75) is 32.6 Å². The Bertz CT molecular complexity index is 249. The Morgan fingerprint density at radius 2 is 2.29 bits per heavy atom. The minimum absolute atomic E-state index is 0.0219. The van der Waals surface area contributed by atoms with E-state index in [0.29, 0.717) is 32.6 Å². The lowest BCUT2D eigenvalue weighted by molar-refractivity contribution is -0.143. The molecule has 0 spiro atoms. The third kappa shape index (κ3) is 5.68.